The highest BCUT2D eigenvalue weighted by Gasteiger charge is 2.24. The number of aromatic nitrogens is 2. The van der Waals surface area contributed by atoms with Gasteiger partial charge in [0.05, 0.1) is 20.3 Å². The molecule has 2 aromatic heterocycles. The Balaban J connectivity index is 1.72. The van der Waals surface area contributed by atoms with E-state index in [9.17, 15) is 9.50 Å². The topological polar surface area (TPSA) is 61.4 Å². The van der Waals surface area contributed by atoms with Gasteiger partial charge < -0.3 is 19.7 Å². The summed E-state index contributed by atoms with van der Waals surface area (Å²) in [5, 5.41) is 10.4. The number of rotatable bonds is 3. The van der Waals surface area contributed by atoms with E-state index in [0.29, 0.717) is 18.9 Å². The SMILES string of the molecule is COc1ccc2[nH]c3c(c2c1)CCN(c1nccc(CO)c1F)C3. The molecule has 1 aromatic carbocycles. The van der Waals surface area contributed by atoms with Crippen LogP contribution in [-0.4, -0.2) is 28.7 Å². The zero-order valence-corrected chi connectivity index (χ0v) is 13.3. The Kier molecular flexibility index (Phi) is 3.61. The predicted octanol–water partition coefficient (Wildman–Crippen LogP) is 2.77. The van der Waals surface area contributed by atoms with Crippen LogP contribution in [0.5, 0.6) is 5.75 Å². The lowest BCUT2D eigenvalue weighted by molar-refractivity contribution is 0.275. The summed E-state index contributed by atoms with van der Waals surface area (Å²) in [6, 6.07) is 7.46. The second kappa shape index (κ2) is 5.79. The number of ether oxygens (including phenoxy) is 1. The summed E-state index contributed by atoms with van der Waals surface area (Å²) in [5.74, 6) is 0.680. The summed E-state index contributed by atoms with van der Waals surface area (Å²) in [5.41, 5.74) is 3.64. The Morgan fingerprint density at radius 3 is 3.04 bits per heavy atom. The highest BCUT2D eigenvalue weighted by Crippen LogP contribution is 2.32. The molecule has 3 aromatic rings. The van der Waals surface area contributed by atoms with Crippen molar-refractivity contribution in [3.05, 3.63) is 53.1 Å². The molecule has 3 heterocycles. The maximum atomic E-state index is 14.4. The Morgan fingerprint density at radius 2 is 2.25 bits per heavy atom. The molecule has 0 saturated heterocycles. The molecule has 0 radical (unpaired) electrons. The van der Waals surface area contributed by atoms with Crippen LogP contribution in [0.2, 0.25) is 0 Å². The molecule has 4 rings (SSSR count). The van der Waals surface area contributed by atoms with Crippen LogP contribution < -0.4 is 9.64 Å². The number of fused-ring (bicyclic) bond motifs is 3. The second-order valence-electron chi connectivity index (χ2n) is 5.93. The van der Waals surface area contributed by atoms with Crippen molar-refractivity contribution < 1.29 is 14.2 Å². The minimum Gasteiger partial charge on any atom is -0.497 e. The van der Waals surface area contributed by atoms with Crippen LogP contribution in [0.1, 0.15) is 16.8 Å². The third-order valence-corrected chi connectivity index (χ3v) is 4.60. The maximum absolute atomic E-state index is 14.4. The molecule has 124 valence electrons. The van der Waals surface area contributed by atoms with Crippen molar-refractivity contribution in [2.24, 2.45) is 0 Å². The van der Waals surface area contributed by atoms with Gasteiger partial charge in [-0.3, -0.25) is 0 Å². The van der Waals surface area contributed by atoms with E-state index >= 15 is 0 Å². The smallest absolute Gasteiger partial charge is 0.171 e. The molecule has 6 heteroatoms. The number of halogens is 1. The lowest BCUT2D eigenvalue weighted by Crippen LogP contribution is -2.31. The van der Waals surface area contributed by atoms with E-state index < -0.39 is 5.82 Å². The number of benzene rings is 1. The molecule has 0 bridgehead atoms. The van der Waals surface area contributed by atoms with Crippen LogP contribution >= 0.6 is 0 Å². The fraction of sp³-hybridized carbons (Fsp3) is 0.278. The molecule has 0 amide bonds. The standard InChI is InChI=1S/C18H18FN3O2/c1-24-12-2-3-15-14(8-12)13-5-7-22(9-16(13)21-15)18-17(19)11(10-23)4-6-20-18/h2-4,6,8,21,23H,5,7,9-10H2,1H3. The van der Waals surface area contributed by atoms with Crippen LogP contribution in [0.3, 0.4) is 0 Å². The summed E-state index contributed by atoms with van der Waals surface area (Å²) >= 11 is 0. The molecule has 0 saturated carbocycles. The zero-order valence-electron chi connectivity index (χ0n) is 13.3. The first-order valence-electron chi connectivity index (χ1n) is 7.88. The van der Waals surface area contributed by atoms with Crippen molar-refractivity contribution in [2.75, 3.05) is 18.6 Å². The summed E-state index contributed by atoms with van der Waals surface area (Å²) < 4.78 is 19.8. The van der Waals surface area contributed by atoms with Gasteiger partial charge in [-0.1, -0.05) is 0 Å². The lowest BCUT2D eigenvalue weighted by atomic mass is 10.0. The summed E-state index contributed by atoms with van der Waals surface area (Å²) in [4.78, 5) is 9.50. The minimum absolute atomic E-state index is 0.271. The van der Waals surface area contributed by atoms with Gasteiger partial charge in [-0.05, 0) is 36.2 Å². The molecule has 5 nitrogen and oxygen atoms in total. The van der Waals surface area contributed by atoms with Gasteiger partial charge in [-0.25, -0.2) is 9.37 Å². The molecular weight excluding hydrogens is 309 g/mol. The van der Waals surface area contributed by atoms with Crippen LogP contribution in [0.4, 0.5) is 10.2 Å². The van der Waals surface area contributed by atoms with Gasteiger partial charge in [0.15, 0.2) is 11.6 Å². The van der Waals surface area contributed by atoms with Gasteiger partial charge in [-0.15, -0.1) is 0 Å². The fourth-order valence-electron chi connectivity index (χ4n) is 3.34. The number of nitrogens with zero attached hydrogens (tertiary/aromatic N) is 2. The van der Waals surface area contributed by atoms with Gasteiger partial charge in [-0.2, -0.15) is 0 Å². The zero-order chi connectivity index (χ0) is 16.7. The molecule has 24 heavy (non-hydrogen) atoms. The van der Waals surface area contributed by atoms with E-state index in [-0.39, 0.29) is 12.2 Å². The van der Waals surface area contributed by atoms with Crippen LogP contribution in [0.25, 0.3) is 10.9 Å². The van der Waals surface area contributed by atoms with Gasteiger partial charge in [0.25, 0.3) is 0 Å². The van der Waals surface area contributed by atoms with Crippen LogP contribution in [0, 0.1) is 5.82 Å². The first-order valence-corrected chi connectivity index (χ1v) is 7.88. The van der Waals surface area contributed by atoms with Crippen molar-refractivity contribution >= 4 is 16.7 Å². The average molecular weight is 327 g/mol. The van der Waals surface area contributed by atoms with Crippen molar-refractivity contribution in [1.29, 1.82) is 0 Å². The normalized spacial score (nSPS) is 14.0. The highest BCUT2D eigenvalue weighted by molar-refractivity contribution is 5.86. The number of H-pyrrole nitrogens is 1. The van der Waals surface area contributed by atoms with Crippen molar-refractivity contribution in [3.63, 3.8) is 0 Å². The molecule has 2 N–H and O–H groups in total. The van der Waals surface area contributed by atoms with E-state index in [2.05, 4.69) is 9.97 Å². The summed E-state index contributed by atoms with van der Waals surface area (Å²) in [6.45, 7) is 0.910. The van der Waals surface area contributed by atoms with Crippen molar-refractivity contribution in [3.8, 4) is 5.75 Å². The Labute approximate surface area is 138 Å². The number of anilines is 1. The maximum Gasteiger partial charge on any atom is 0.171 e. The monoisotopic (exact) mass is 327 g/mol. The van der Waals surface area contributed by atoms with E-state index in [1.54, 1.807) is 7.11 Å². The number of nitrogens with one attached hydrogen (secondary N) is 1. The largest absolute Gasteiger partial charge is 0.497 e. The molecule has 1 aliphatic heterocycles. The Bertz CT molecular complexity index is 907. The van der Waals surface area contributed by atoms with Gasteiger partial charge >= 0.3 is 0 Å². The third-order valence-electron chi connectivity index (χ3n) is 4.60. The third kappa shape index (κ3) is 2.30. The quantitative estimate of drug-likeness (QED) is 0.776. The number of pyridine rings is 1. The van der Waals surface area contributed by atoms with E-state index in [1.807, 2.05) is 23.1 Å². The van der Waals surface area contributed by atoms with Crippen molar-refractivity contribution in [1.82, 2.24) is 9.97 Å². The molecule has 0 atom stereocenters. The van der Waals surface area contributed by atoms with E-state index in [4.69, 9.17) is 4.74 Å². The first-order chi connectivity index (χ1) is 11.7. The summed E-state index contributed by atoms with van der Waals surface area (Å²) in [7, 11) is 1.66. The first kappa shape index (κ1) is 15.0. The van der Waals surface area contributed by atoms with Crippen LogP contribution in [0.15, 0.2) is 30.5 Å². The number of aromatic amines is 1. The Morgan fingerprint density at radius 1 is 1.38 bits per heavy atom. The molecule has 0 spiro atoms. The number of hydrogen-bond donors (Lipinski definition) is 2. The number of hydrogen-bond acceptors (Lipinski definition) is 4. The highest BCUT2D eigenvalue weighted by atomic mass is 19.1. The fourth-order valence-corrected chi connectivity index (χ4v) is 3.34. The molecule has 0 unspecified atom stereocenters. The number of aliphatic hydroxyl groups excluding tert-OH is 1. The lowest BCUT2D eigenvalue weighted by Gasteiger charge is -2.28. The van der Waals surface area contributed by atoms with Crippen molar-refractivity contribution in [2.45, 2.75) is 19.6 Å². The Hall–Kier alpha value is -2.60. The molecule has 0 fully saturated rings. The van der Waals surface area contributed by atoms with E-state index in [0.717, 1.165) is 28.8 Å². The molecule has 0 aliphatic carbocycles. The van der Waals surface area contributed by atoms with E-state index in [1.165, 1.54) is 17.8 Å². The van der Waals surface area contributed by atoms with Gasteiger partial charge in [0.2, 0.25) is 0 Å². The summed E-state index contributed by atoms with van der Waals surface area (Å²) in [6.07, 6.45) is 2.34. The minimum atomic E-state index is -0.443. The van der Waals surface area contributed by atoms with Gasteiger partial charge in [0.1, 0.15) is 5.75 Å². The predicted molar refractivity (Wildman–Crippen MR) is 89.7 cm³/mol. The van der Waals surface area contributed by atoms with Gasteiger partial charge in [0, 0.05) is 34.9 Å². The van der Waals surface area contributed by atoms with Crippen LogP contribution in [-0.2, 0) is 19.6 Å². The molecular formula is C18H18FN3O2. The number of methoxy groups -OCH3 is 1. The second-order valence-corrected chi connectivity index (χ2v) is 5.93. The average Bonchev–Trinajstić information content (AvgIpc) is 2.98. The molecule has 1 aliphatic rings. The number of aliphatic hydroxyl groups is 1.